The average Bonchev–Trinajstić information content (AvgIpc) is 2.58. The summed E-state index contributed by atoms with van der Waals surface area (Å²) in [5.41, 5.74) is 1.02. The zero-order valence-electron chi connectivity index (χ0n) is 13.7. The monoisotopic (exact) mass is 373 g/mol. The molecule has 1 aromatic rings. The number of piperazine rings is 1. The Bertz CT molecular complexity index is 551. The van der Waals surface area contributed by atoms with E-state index >= 15 is 0 Å². The molecule has 0 aromatic heterocycles. The molecule has 2 N–H and O–H groups in total. The third-order valence-corrected chi connectivity index (χ3v) is 4.69. The van der Waals surface area contributed by atoms with E-state index in [2.05, 4.69) is 15.5 Å². The number of carbonyl (C=O) groups is 1. The van der Waals surface area contributed by atoms with Crippen LogP contribution in [0.1, 0.15) is 12.0 Å². The number of halogens is 2. The maximum absolute atomic E-state index is 12.3. The second-order valence-electron chi connectivity index (χ2n) is 6.20. The minimum Gasteiger partial charge on any atom is -0.492 e. The second kappa shape index (κ2) is 9.47. The van der Waals surface area contributed by atoms with Gasteiger partial charge in [0.15, 0.2) is 0 Å². The van der Waals surface area contributed by atoms with Crippen molar-refractivity contribution in [2.24, 2.45) is 5.92 Å². The van der Waals surface area contributed by atoms with Crippen LogP contribution in [0.4, 0.5) is 0 Å². The van der Waals surface area contributed by atoms with Gasteiger partial charge < -0.3 is 20.3 Å². The highest BCUT2D eigenvalue weighted by Gasteiger charge is 2.25. The van der Waals surface area contributed by atoms with Crippen molar-refractivity contribution in [3.8, 4) is 5.75 Å². The topological polar surface area (TPSA) is 53.6 Å². The molecule has 0 bridgehead atoms. The standard InChI is InChI=1S/C17H24ClN3O2.ClH/c18-15-2-3-16-13(11-15)10-14(12-23-16)17(22)20-4-1-7-21-8-5-19-6-9-21;/h2-3,11,14,19H,1,4-10,12H2,(H,20,22);1H. The van der Waals surface area contributed by atoms with Crippen molar-refractivity contribution in [2.45, 2.75) is 12.8 Å². The van der Waals surface area contributed by atoms with Gasteiger partial charge in [0.1, 0.15) is 12.4 Å². The van der Waals surface area contributed by atoms with Crippen LogP contribution in [-0.2, 0) is 11.2 Å². The first-order valence-electron chi connectivity index (χ1n) is 8.34. The number of ether oxygens (including phenoxy) is 1. The number of hydrogen-bond acceptors (Lipinski definition) is 4. The molecule has 2 aliphatic rings. The Hall–Kier alpha value is -1.01. The Balaban J connectivity index is 0.00000208. The van der Waals surface area contributed by atoms with E-state index in [0.29, 0.717) is 18.1 Å². The highest BCUT2D eigenvalue weighted by Crippen LogP contribution is 2.29. The maximum Gasteiger partial charge on any atom is 0.226 e. The van der Waals surface area contributed by atoms with Gasteiger partial charge in [-0.2, -0.15) is 0 Å². The first-order valence-corrected chi connectivity index (χ1v) is 8.72. The van der Waals surface area contributed by atoms with Crippen molar-refractivity contribution in [1.29, 1.82) is 0 Å². The molecule has 3 rings (SSSR count). The highest BCUT2D eigenvalue weighted by atomic mass is 35.5. The molecule has 2 aliphatic heterocycles. The van der Waals surface area contributed by atoms with E-state index in [-0.39, 0.29) is 24.2 Å². The lowest BCUT2D eigenvalue weighted by Crippen LogP contribution is -2.44. The van der Waals surface area contributed by atoms with Gasteiger partial charge in [-0.05, 0) is 43.1 Å². The summed E-state index contributed by atoms with van der Waals surface area (Å²) < 4.78 is 5.68. The predicted molar refractivity (Wildman–Crippen MR) is 98.3 cm³/mol. The van der Waals surface area contributed by atoms with Crippen molar-refractivity contribution < 1.29 is 9.53 Å². The van der Waals surface area contributed by atoms with Crippen molar-refractivity contribution in [3.63, 3.8) is 0 Å². The van der Waals surface area contributed by atoms with Crippen molar-refractivity contribution >= 4 is 29.9 Å². The number of benzene rings is 1. The molecular formula is C17H25Cl2N3O2. The van der Waals surface area contributed by atoms with Crippen LogP contribution in [0.15, 0.2) is 18.2 Å². The Morgan fingerprint density at radius 1 is 1.38 bits per heavy atom. The molecule has 5 nitrogen and oxygen atoms in total. The average molecular weight is 374 g/mol. The van der Waals surface area contributed by atoms with Crippen LogP contribution in [0.2, 0.25) is 5.02 Å². The summed E-state index contributed by atoms with van der Waals surface area (Å²) in [6.45, 7) is 6.53. The summed E-state index contributed by atoms with van der Waals surface area (Å²) in [5.74, 6) is 0.799. The van der Waals surface area contributed by atoms with E-state index in [0.717, 1.165) is 57.0 Å². The molecule has 0 radical (unpaired) electrons. The van der Waals surface area contributed by atoms with Crippen molar-refractivity contribution in [2.75, 3.05) is 45.9 Å². The van der Waals surface area contributed by atoms with Crippen molar-refractivity contribution in [1.82, 2.24) is 15.5 Å². The van der Waals surface area contributed by atoms with Gasteiger partial charge in [-0.25, -0.2) is 0 Å². The Labute approximate surface area is 154 Å². The van der Waals surface area contributed by atoms with Gasteiger partial charge in [-0.15, -0.1) is 12.4 Å². The third kappa shape index (κ3) is 5.24. The van der Waals surface area contributed by atoms with Gasteiger partial charge in [0, 0.05) is 37.7 Å². The largest absolute Gasteiger partial charge is 0.492 e. The second-order valence-corrected chi connectivity index (χ2v) is 6.64. The first kappa shape index (κ1) is 19.3. The van der Waals surface area contributed by atoms with Crippen molar-refractivity contribution in [3.05, 3.63) is 28.8 Å². The molecule has 24 heavy (non-hydrogen) atoms. The molecule has 1 atom stereocenters. The van der Waals surface area contributed by atoms with E-state index in [1.165, 1.54) is 0 Å². The molecule has 134 valence electrons. The maximum atomic E-state index is 12.3. The van der Waals surface area contributed by atoms with E-state index in [4.69, 9.17) is 16.3 Å². The minimum atomic E-state index is -0.125. The number of hydrogen-bond donors (Lipinski definition) is 2. The van der Waals surface area contributed by atoms with Crippen LogP contribution in [0.3, 0.4) is 0 Å². The van der Waals surface area contributed by atoms with E-state index in [1.807, 2.05) is 18.2 Å². The summed E-state index contributed by atoms with van der Waals surface area (Å²) in [6.07, 6.45) is 1.68. The van der Waals surface area contributed by atoms with E-state index in [9.17, 15) is 4.79 Å². The Morgan fingerprint density at radius 2 is 2.17 bits per heavy atom. The summed E-state index contributed by atoms with van der Waals surface area (Å²) in [7, 11) is 0. The number of amides is 1. The predicted octanol–water partition coefficient (Wildman–Crippen LogP) is 1.72. The normalized spacial score (nSPS) is 20.5. The smallest absolute Gasteiger partial charge is 0.226 e. The van der Waals surface area contributed by atoms with Crippen LogP contribution in [0.5, 0.6) is 5.75 Å². The molecule has 1 saturated heterocycles. The lowest BCUT2D eigenvalue weighted by molar-refractivity contribution is -0.126. The molecule has 0 saturated carbocycles. The van der Waals surface area contributed by atoms with Crippen LogP contribution < -0.4 is 15.4 Å². The van der Waals surface area contributed by atoms with Gasteiger partial charge in [-0.1, -0.05) is 11.6 Å². The van der Waals surface area contributed by atoms with Gasteiger partial charge >= 0.3 is 0 Å². The quantitative estimate of drug-likeness (QED) is 0.771. The zero-order valence-corrected chi connectivity index (χ0v) is 15.3. The molecule has 1 unspecified atom stereocenters. The Morgan fingerprint density at radius 3 is 2.96 bits per heavy atom. The fraction of sp³-hybridized carbons (Fsp3) is 0.588. The molecule has 1 amide bonds. The van der Waals surface area contributed by atoms with Crippen LogP contribution in [0.25, 0.3) is 0 Å². The van der Waals surface area contributed by atoms with Crippen LogP contribution in [0, 0.1) is 5.92 Å². The molecule has 1 fully saturated rings. The Kier molecular flexibility index (Phi) is 7.62. The number of fused-ring (bicyclic) bond motifs is 1. The fourth-order valence-corrected chi connectivity index (χ4v) is 3.32. The van der Waals surface area contributed by atoms with Gasteiger partial charge in [-0.3, -0.25) is 4.79 Å². The number of nitrogens with one attached hydrogen (secondary N) is 2. The van der Waals surface area contributed by atoms with Gasteiger partial charge in [0.2, 0.25) is 5.91 Å². The molecular weight excluding hydrogens is 349 g/mol. The summed E-state index contributed by atoms with van der Waals surface area (Å²) in [4.78, 5) is 14.7. The van der Waals surface area contributed by atoms with Crippen LogP contribution >= 0.6 is 24.0 Å². The molecule has 1 aromatic carbocycles. The molecule has 0 spiro atoms. The summed E-state index contributed by atoms with van der Waals surface area (Å²) in [5, 5.41) is 7.07. The zero-order chi connectivity index (χ0) is 16.1. The third-order valence-electron chi connectivity index (χ3n) is 4.46. The summed E-state index contributed by atoms with van der Waals surface area (Å²) in [6, 6.07) is 5.58. The highest BCUT2D eigenvalue weighted by molar-refractivity contribution is 6.30. The SMILES string of the molecule is Cl.O=C(NCCCN1CCNCC1)C1COc2ccc(Cl)cc2C1. The molecule has 0 aliphatic carbocycles. The molecule has 7 heteroatoms. The lowest BCUT2D eigenvalue weighted by atomic mass is 9.96. The number of rotatable bonds is 5. The summed E-state index contributed by atoms with van der Waals surface area (Å²) >= 11 is 6.01. The lowest BCUT2D eigenvalue weighted by Gasteiger charge is -2.27. The first-order chi connectivity index (χ1) is 11.2. The van der Waals surface area contributed by atoms with Gasteiger partial charge in [0.25, 0.3) is 0 Å². The van der Waals surface area contributed by atoms with Crippen LogP contribution in [-0.4, -0.2) is 56.7 Å². The number of carbonyl (C=O) groups excluding carboxylic acids is 1. The minimum absolute atomic E-state index is 0. The number of nitrogens with zero attached hydrogens (tertiary/aromatic N) is 1. The van der Waals surface area contributed by atoms with Gasteiger partial charge in [0.05, 0.1) is 5.92 Å². The molecule has 2 heterocycles. The fourth-order valence-electron chi connectivity index (χ4n) is 3.12. The van der Waals surface area contributed by atoms with E-state index in [1.54, 1.807) is 0 Å². The van der Waals surface area contributed by atoms with E-state index < -0.39 is 0 Å².